The normalized spacial score (nSPS) is 11.5. The predicted molar refractivity (Wildman–Crippen MR) is 144 cm³/mol. The number of pyridine rings is 1. The third-order valence-corrected chi connectivity index (χ3v) is 5.77. The van der Waals surface area contributed by atoms with Gasteiger partial charge in [0, 0.05) is 43.2 Å². The summed E-state index contributed by atoms with van der Waals surface area (Å²) >= 11 is 0. The number of carbonyl (C=O) groups excluding carboxylic acids is 1. The highest BCUT2D eigenvalue weighted by Crippen LogP contribution is 2.28. The van der Waals surface area contributed by atoms with Gasteiger partial charge < -0.3 is 15.2 Å². The minimum Gasteiger partial charge on any atom is -0.457 e. The Bertz CT molecular complexity index is 1740. The Morgan fingerprint density at radius 3 is 2.67 bits per heavy atom. The van der Waals surface area contributed by atoms with E-state index in [2.05, 4.69) is 25.8 Å². The molecule has 0 saturated carbocycles. The summed E-state index contributed by atoms with van der Waals surface area (Å²) in [5.41, 5.74) is 2.57. The number of anilines is 2. The number of hydrogen-bond acceptors (Lipinski definition) is 7. The van der Waals surface area contributed by atoms with E-state index < -0.39 is 18.0 Å². The number of rotatable bonds is 7. The van der Waals surface area contributed by atoms with Crippen molar-refractivity contribution in [3.63, 3.8) is 0 Å². The molecule has 3 heterocycles. The second-order valence-electron chi connectivity index (χ2n) is 8.81. The highest BCUT2D eigenvalue weighted by molar-refractivity contribution is 5.99. The SMILES string of the molecule is CC(O)c1cc(NC(=O)Nc2ccc(Oc3ccnc(-c4cnn(C)c4)c3)cc2F)n(-c2cccc(C#N)c2)n1. The summed E-state index contributed by atoms with van der Waals surface area (Å²) < 4.78 is 23.7. The van der Waals surface area contributed by atoms with Gasteiger partial charge in [0.2, 0.25) is 0 Å². The maximum atomic E-state index is 14.9. The molecule has 1 unspecified atom stereocenters. The molecule has 0 bridgehead atoms. The number of urea groups is 1. The largest absolute Gasteiger partial charge is 0.457 e. The van der Waals surface area contributed by atoms with E-state index in [0.717, 1.165) is 11.6 Å². The lowest BCUT2D eigenvalue weighted by molar-refractivity contribution is 0.193. The van der Waals surface area contributed by atoms with Crippen LogP contribution in [0.4, 0.5) is 20.7 Å². The standard InChI is InChI=1S/C28H23FN8O3/c1-17(38)25-13-27(37(35-25)20-5-3-4-18(10-20)14-30)34-28(39)33-24-7-6-21(11-23(24)29)40-22-8-9-31-26(12-22)19-15-32-36(2)16-19/h3-13,15-17,38H,1-2H3,(H2,33,34,39). The van der Waals surface area contributed by atoms with Crippen LogP contribution in [0, 0.1) is 17.1 Å². The molecule has 1 atom stereocenters. The third-order valence-electron chi connectivity index (χ3n) is 5.77. The molecule has 2 aromatic carbocycles. The zero-order valence-corrected chi connectivity index (χ0v) is 21.4. The van der Waals surface area contributed by atoms with Gasteiger partial charge in [-0.15, -0.1) is 0 Å². The van der Waals surface area contributed by atoms with Crippen LogP contribution in [0.1, 0.15) is 24.3 Å². The van der Waals surface area contributed by atoms with Crippen molar-refractivity contribution >= 4 is 17.5 Å². The number of nitrogens with one attached hydrogen (secondary N) is 2. The van der Waals surface area contributed by atoms with E-state index in [9.17, 15) is 19.6 Å². The molecule has 200 valence electrons. The highest BCUT2D eigenvalue weighted by atomic mass is 19.1. The van der Waals surface area contributed by atoms with Crippen molar-refractivity contribution in [2.24, 2.45) is 7.05 Å². The van der Waals surface area contributed by atoms with Crippen LogP contribution in [0.2, 0.25) is 0 Å². The van der Waals surface area contributed by atoms with Crippen molar-refractivity contribution in [1.29, 1.82) is 5.26 Å². The van der Waals surface area contributed by atoms with Gasteiger partial charge in [-0.05, 0) is 43.3 Å². The van der Waals surface area contributed by atoms with Crippen molar-refractivity contribution < 1.29 is 19.0 Å². The first kappa shape index (κ1) is 26.1. The van der Waals surface area contributed by atoms with Gasteiger partial charge in [-0.25, -0.2) is 13.9 Å². The van der Waals surface area contributed by atoms with Gasteiger partial charge in [-0.3, -0.25) is 15.0 Å². The number of aryl methyl sites for hydroxylation is 1. The maximum absolute atomic E-state index is 14.9. The van der Waals surface area contributed by atoms with Crippen molar-refractivity contribution in [2.75, 3.05) is 10.6 Å². The number of aromatic nitrogens is 5. The first-order chi connectivity index (χ1) is 19.3. The molecular formula is C28H23FN8O3. The Balaban J connectivity index is 1.30. The maximum Gasteiger partial charge on any atom is 0.324 e. The lowest BCUT2D eigenvalue weighted by Gasteiger charge is -2.12. The third kappa shape index (κ3) is 5.79. The Hall–Kier alpha value is -5.54. The number of ether oxygens (including phenoxy) is 1. The van der Waals surface area contributed by atoms with E-state index in [1.807, 2.05) is 12.3 Å². The van der Waals surface area contributed by atoms with Gasteiger partial charge in [-0.2, -0.15) is 15.5 Å². The van der Waals surface area contributed by atoms with Crippen LogP contribution in [0.15, 0.2) is 79.3 Å². The fraction of sp³-hybridized carbons (Fsp3) is 0.107. The molecule has 5 rings (SSSR count). The summed E-state index contributed by atoms with van der Waals surface area (Å²) in [6.07, 6.45) is 4.17. The zero-order valence-electron chi connectivity index (χ0n) is 21.4. The molecule has 3 N–H and O–H groups in total. The monoisotopic (exact) mass is 538 g/mol. The van der Waals surface area contributed by atoms with E-state index in [1.165, 1.54) is 29.8 Å². The highest BCUT2D eigenvalue weighted by Gasteiger charge is 2.17. The minimum atomic E-state index is -0.908. The van der Waals surface area contributed by atoms with Gasteiger partial charge in [0.15, 0.2) is 0 Å². The molecule has 12 heteroatoms. The molecule has 2 amide bonds. The molecule has 11 nitrogen and oxygen atoms in total. The van der Waals surface area contributed by atoms with E-state index in [1.54, 1.807) is 60.5 Å². The van der Waals surface area contributed by atoms with Crippen molar-refractivity contribution in [2.45, 2.75) is 13.0 Å². The summed E-state index contributed by atoms with van der Waals surface area (Å²) in [6, 6.07) is 16.8. The molecule has 0 spiro atoms. The van der Waals surface area contributed by atoms with E-state index in [4.69, 9.17) is 4.74 Å². The first-order valence-corrected chi connectivity index (χ1v) is 12.1. The molecule has 40 heavy (non-hydrogen) atoms. The summed E-state index contributed by atoms with van der Waals surface area (Å²) in [4.78, 5) is 17.1. The molecular weight excluding hydrogens is 515 g/mol. The molecule has 0 fully saturated rings. The predicted octanol–water partition coefficient (Wildman–Crippen LogP) is 5.17. The summed E-state index contributed by atoms with van der Waals surface area (Å²) in [5, 5.41) is 32.8. The number of nitrogens with zero attached hydrogens (tertiary/aromatic N) is 6. The summed E-state index contributed by atoms with van der Waals surface area (Å²) in [7, 11) is 1.80. The summed E-state index contributed by atoms with van der Waals surface area (Å²) in [6.45, 7) is 1.53. The smallest absolute Gasteiger partial charge is 0.324 e. The van der Waals surface area contributed by atoms with E-state index in [-0.39, 0.29) is 17.3 Å². The van der Waals surface area contributed by atoms with Gasteiger partial charge in [0.25, 0.3) is 0 Å². The number of amides is 2. The van der Waals surface area contributed by atoms with Crippen LogP contribution in [-0.4, -0.2) is 35.7 Å². The topological polar surface area (TPSA) is 143 Å². The lowest BCUT2D eigenvalue weighted by Crippen LogP contribution is -2.22. The van der Waals surface area contributed by atoms with Crippen LogP contribution in [0.5, 0.6) is 11.5 Å². The van der Waals surface area contributed by atoms with E-state index in [0.29, 0.717) is 28.4 Å². The van der Waals surface area contributed by atoms with Gasteiger partial charge in [0.1, 0.15) is 23.1 Å². The first-order valence-electron chi connectivity index (χ1n) is 12.1. The number of aliphatic hydroxyl groups is 1. The Kier molecular flexibility index (Phi) is 7.21. The number of halogens is 1. The molecule has 0 saturated heterocycles. The molecule has 5 aromatic rings. The lowest BCUT2D eigenvalue weighted by atomic mass is 10.2. The molecule has 0 aliphatic heterocycles. The van der Waals surface area contributed by atoms with Crippen LogP contribution in [0.3, 0.4) is 0 Å². The molecule has 3 aromatic heterocycles. The van der Waals surface area contributed by atoms with Crippen LogP contribution in [0.25, 0.3) is 16.9 Å². The average molecular weight is 539 g/mol. The number of nitriles is 1. The Morgan fingerprint density at radius 2 is 1.95 bits per heavy atom. The summed E-state index contributed by atoms with van der Waals surface area (Å²) in [5.74, 6) is 0.179. The van der Waals surface area contributed by atoms with Crippen molar-refractivity contribution in [3.05, 3.63) is 96.3 Å². The quantitative estimate of drug-likeness (QED) is 0.259. The Morgan fingerprint density at radius 1 is 1.12 bits per heavy atom. The fourth-order valence-electron chi connectivity index (χ4n) is 3.85. The van der Waals surface area contributed by atoms with Gasteiger partial charge in [-0.1, -0.05) is 6.07 Å². The van der Waals surface area contributed by atoms with Crippen molar-refractivity contribution in [1.82, 2.24) is 24.5 Å². The number of benzene rings is 2. The number of aliphatic hydroxyl groups excluding tert-OH is 1. The minimum absolute atomic E-state index is 0.0797. The zero-order chi connectivity index (χ0) is 28.2. The average Bonchev–Trinajstić information content (AvgIpc) is 3.57. The van der Waals surface area contributed by atoms with Crippen molar-refractivity contribution in [3.8, 4) is 34.5 Å². The molecule has 0 radical (unpaired) electrons. The number of carbonyl (C=O) groups is 1. The van der Waals surface area contributed by atoms with Crippen LogP contribution < -0.4 is 15.4 Å². The Labute approximate surface area is 228 Å². The van der Waals surface area contributed by atoms with Crippen LogP contribution in [-0.2, 0) is 7.05 Å². The molecule has 0 aliphatic rings. The van der Waals surface area contributed by atoms with Gasteiger partial charge in [0.05, 0.1) is 46.7 Å². The fourth-order valence-corrected chi connectivity index (χ4v) is 3.85. The van der Waals surface area contributed by atoms with Crippen LogP contribution >= 0.6 is 0 Å². The second-order valence-corrected chi connectivity index (χ2v) is 8.81. The van der Waals surface area contributed by atoms with E-state index >= 15 is 0 Å². The molecule has 0 aliphatic carbocycles. The number of hydrogen-bond donors (Lipinski definition) is 3. The second kappa shape index (κ2) is 11.1. The van der Waals surface area contributed by atoms with Gasteiger partial charge >= 0.3 is 6.03 Å².